The van der Waals surface area contributed by atoms with Crippen molar-refractivity contribution < 1.29 is 22.7 Å². The maximum atomic E-state index is 11.4. The molecule has 1 aromatic rings. The second-order valence-electron chi connectivity index (χ2n) is 4.50. The van der Waals surface area contributed by atoms with Gasteiger partial charge in [-0.1, -0.05) is 0 Å². The number of hydrogen-bond donors (Lipinski definition) is 1. The molecule has 8 heteroatoms. The lowest BCUT2D eigenvalue weighted by atomic mass is 10.2. The molecule has 2 heterocycles. The van der Waals surface area contributed by atoms with Crippen LogP contribution in [0.5, 0.6) is 0 Å². The van der Waals surface area contributed by atoms with Crippen LogP contribution in [0.25, 0.3) is 0 Å². The van der Waals surface area contributed by atoms with Crippen molar-refractivity contribution in [2.24, 2.45) is 0 Å². The van der Waals surface area contributed by atoms with Crippen molar-refractivity contribution in [2.45, 2.75) is 6.54 Å². The minimum atomic E-state index is -3.14. The molecule has 0 aliphatic carbocycles. The Hall–Kier alpha value is -1.38. The molecule has 0 unspecified atom stereocenters. The molecule has 106 valence electrons. The molecule has 7 nitrogen and oxygen atoms in total. The van der Waals surface area contributed by atoms with Crippen molar-refractivity contribution in [3.8, 4) is 0 Å². The molecule has 1 aliphatic rings. The summed E-state index contributed by atoms with van der Waals surface area (Å²) in [5.41, 5.74) is 0.158. The average molecular weight is 288 g/mol. The summed E-state index contributed by atoms with van der Waals surface area (Å²) in [5, 5.41) is 8.97. The Morgan fingerprint density at radius 2 is 2.00 bits per heavy atom. The molecule has 1 aromatic heterocycles. The number of hydrogen-bond acceptors (Lipinski definition) is 5. The summed E-state index contributed by atoms with van der Waals surface area (Å²) in [6, 6.07) is 1.42. The summed E-state index contributed by atoms with van der Waals surface area (Å²) in [6.45, 7) is 2.34. The van der Waals surface area contributed by atoms with Gasteiger partial charge in [0.1, 0.15) is 11.3 Å². The van der Waals surface area contributed by atoms with Gasteiger partial charge in [0.25, 0.3) is 0 Å². The van der Waals surface area contributed by atoms with E-state index in [1.54, 1.807) is 0 Å². The Morgan fingerprint density at radius 3 is 2.53 bits per heavy atom. The van der Waals surface area contributed by atoms with E-state index in [1.165, 1.54) is 22.9 Å². The van der Waals surface area contributed by atoms with Crippen LogP contribution in [-0.4, -0.2) is 61.1 Å². The van der Waals surface area contributed by atoms with Gasteiger partial charge in [-0.05, 0) is 6.07 Å². The zero-order chi connectivity index (χ0) is 14.0. The van der Waals surface area contributed by atoms with E-state index in [-0.39, 0.29) is 5.56 Å². The fraction of sp³-hybridized carbons (Fsp3) is 0.545. The first-order valence-electron chi connectivity index (χ1n) is 5.85. The number of piperazine rings is 1. The molecule has 1 aliphatic heterocycles. The van der Waals surface area contributed by atoms with Crippen LogP contribution in [0.1, 0.15) is 16.1 Å². The number of carboxylic acids is 1. The molecule has 1 N–H and O–H groups in total. The van der Waals surface area contributed by atoms with Gasteiger partial charge in [-0.2, -0.15) is 4.31 Å². The van der Waals surface area contributed by atoms with Crippen LogP contribution >= 0.6 is 0 Å². The maximum absolute atomic E-state index is 11.4. The predicted octanol–water partition coefficient (Wildman–Crippen LogP) is 0.0550. The molecule has 19 heavy (non-hydrogen) atoms. The molecule has 0 amide bonds. The van der Waals surface area contributed by atoms with Crippen LogP contribution in [-0.2, 0) is 16.6 Å². The fourth-order valence-corrected chi connectivity index (χ4v) is 2.90. The van der Waals surface area contributed by atoms with Gasteiger partial charge in [0, 0.05) is 26.2 Å². The van der Waals surface area contributed by atoms with E-state index < -0.39 is 16.0 Å². The molecule has 0 atom stereocenters. The standard InChI is InChI=1S/C11H16N2O5S/c1-19(16,17)13-5-3-12(4-6-13)8-10-9(11(14)15)2-7-18-10/h2,7H,3-6,8H2,1H3,(H,14,15). The number of furan rings is 1. The number of carbonyl (C=O) groups is 1. The first kappa shape index (κ1) is 14.0. The third-order valence-corrected chi connectivity index (χ3v) is 4.45. The lowest BCUT2D eigenvalue weighted by Crippen LogP contribution is -2.47. The summed E-state index contributed by atoms with van der Waals surface area (Å²) < 4.78 is 29.3. The first-order valence-corrected chi connectivity index (χ1v) is 7.70. The van der Waals surface area contributed by atoms with E-state index in [4.69, 9.17) is 9.52 Å². The van der Waals surface area contributed by atoms with Gasteiger partial charge in [-0.3, -0.25) is 4.90 Å². The molecule has 0 saturated carbocycles. The van der Waals surface area contributed by atoms with E-state index in [1.807, 2.05) is 4.90 Å². The molecule has 1 fully saturated rings. The summed E-state index contributed by atoms with van der Waals surface area (Å²) in [5.74, 6) is -0.612. The topological polar surface area (TPSA) is 91.1 Å². The normalized spacial score (nSPS) is 18.6. The van der Waals surface area contributed by atoms with Crippen LogP contribution in [0.15, 0.2) is 16.7 Å². The van der Waals surface area contributed by atoms with Crippen molar-refractivity contribution >= 4 is 16.0 Å². The number of nitrogens with zero attached hydrogens (tertiary/aromatic N) is 2. The van der Waals surface area contributed by atoms with Crippen molar-refractivity contribution in [1.29, 1.82) is 0 Å². The van der Waals surface area contributed by atoms with Crippen LogP contribution in [0.3, 0.4) is 0 Å². The Morgan fingerprint density at radius 1 is 1.37 bits per heavy atom. The first-order chi connectivity index (χ1) is 8.88. The van der Waals surface area contributed by atoms with Crippen molar-refractivity contribution in [2.75, 3.05) is 32.4 Å². The zero-order valence-electron chi connectivity index (χ0n) is 10.6. The van der Waals surface area contributed by atoms with Crippen LogP contribution < -0.4 is 0 Å². The molecule has 2 rings (SSSR count). The van der Waals surface area contributed by atoms with Gasteiger partial charge in [0.05, 0.1) is 19.1 Å². The second-order valence-corrected chi connectivity index (χ2v) is 6.48. The lowest BCUT2D eigenvalue weighted by molar-refractivity contribution is 0.0691. The maximum Gasteiger partial charge on any atom is 0.339 e. The van der Waals surface area contributed by atoms with Crippen molar-refractivity contribution in [3.63, 3.8) is 0 Å². The Kier molecular flexibility index (Phi) is 3.93. The van der Waals surface area contributed by atoms with Gasteiger partial charge in [-0.15, -0.1) is 0 Å². The number of sulfonamides is 1. The Labute approximate surface area is 111 Å². The predicted molar refractivity (Wildman–Crippen MR) is 67.4 cm³/mol. The highest BCUT2D eigenvalue weighted by Gasteiger charge is 2.25. The summed E-state index contributed by atoms with van der Waals surface area (Å²) >= 11 is 0. The minimum absolute atomic E-state index is 0.158. The highest BCUT2D eigenvalue weighted by atomic mass is 32.2. The van der Waals surface area contributed by atoms with E-state index in [0.29, 0.717) is 38.5 Å². The highest BCUT2D eigenvalue weighted by molar-refractivity contribution is 7.88. The van der Waals surface area contributed by atoms with Gasteiger partial charge in [0.2, 0.25) is 10.0 Å². The fourth-order valence-electron chi connectivity index (χ4n) is 2.08. The van der Waals surface area contributed by atoms with E-state index in [0.717, 1.165) is 0 Å². The SMILES string of the molecule is CS(=O)(=O)N1CCN(Cc2occc2C(=O)O)CC1. The van der Waals surface area contributed by atoms with E-state index >= 15 is 0 Å². The Balaban J connectivity index is 1.96. The van der Waals surface area contributed by atoms with E-state index in [9.17, 15) is 13.2 Å². The monoisotopic (exact) mass is 288 g/mol. The van der Waals surface area contributed by atoms with Gasteiger partial charge < -0.3 is 9.52 Å². The largest absolute Gasteiger partial charge is 0.478 e. The van der Waals surface area contributed by atoms with Gasteiger partial charge in [0.15, 0.2) is 0 Å². The third kappa shape index (κ3) is 3.34. The molecule has 0 spiro atoms. The summed E-state index contributed by atoms with van der Waals surface area (Å²) in [6.07, 6.45) is 2.54. The zero-order valence-corrected chi connectivity index (χ0v) is 11.4. The Bertz CT molecular complexity index is 557. The number of rotatable bonds is 4. The van der Waals surface area contributed by atoms with Crippen LogP contribution in [0, 0.1) is 0 Å². The number of carboxylic acid groups (broad SMARTS) is 1. The summed E-state index contributed by atoms with van der Waals surface area (Å²) in [7, 11) is -3.14. The van der Waals surface area contributed by atoms with Crippen molar-refractivity contribution in [1.82, 2.24) is 9.21 Å². The molecular weight excluding hydrogens is 272 g/mol. The number of aromatic carboxylic acids is 1. The van der Waals surface area contributed by atoms with Gasteiger partial charge >= 0.3 is 5.97 Å². The van der Waals surface area contributed by atoms with Crippen LogP contribution in [0.2, 0.25) is 0 Å². The lowest BCUT2D eigenvalue weighted by Gasteiger charge is -2.32. The average Bonchev–Trinajstić information content (AvgIpc) is 2.77. The molecule has 0 aromatic carbocycles. The molecule has 1 saturated heterocycles. The van der Waals surface area contributed by atoms with E-state index in [2.05, 4.69) is 0 Å². The quantitative estimate of drug-likeness (QED) is 0.842. The minimum Gasteiger partial charge on any atom is -0.478 e. The molecule has 0 radical (unpaired) electrons. The van der Waals surface area contributed by atoms with Gasteiger partial charge in [-0.25, -0.2) is 13.2 Å². The highest BCUT2D eigenvalue weighted by Crippen LogP contribution is 2.15. The second kappa shape index (κ2) is 5.32. The molecular formula is C11H16N2O5S. The van der Waals surface area contributed by atoms with Crippen molar-refractivity contribution in [3.05, 3.63) is 23.7 Å². The van der Waals surface area contributed by atoms with Crippen LogP contribution in [0.4, 0.5) is 0 Å². The smallest absolute Gasteiger partial charge is 0.339 e. The summed E-state index contributed by atoms with van der Waals surface area (Å²) in [4.78, 5) is 12.9. The molecule has 0 bridgehead atoms. The third-order valence-electron chi connectivity index (χ3n) is 3.14.